The smallest absolute Gasteiger partial charge is 0.225 e. The minimum Gasteiger partial charge on any atom is -0.344 e. The molecule has 0 aliphatic carbocycles. The molecular formula is C12H17N5S. The fourth-order valence-electron chi connectivity index (χ4n) is 1.81. The van der Waals surface area contributed by atoms with Crippen LogP contribution in [0.4, 0.5) is 5.95 Å². The first-order chi connectivity index (χ1) is 8.72. The maximum atomic E-state index is 5.17. The molecule has 0 aromatic carbocycles. The van der Waals surface area contributed by atoms with Crippen LogP contribution in [-0.4, -0.2) is 33.3 Å². The molecule has 0 amide bonds. The van der Waals surface area contributed by atoms with E-state index in [4.69, 9.17) is 12.2 Å². The van der Waals surface area contributed by atoms with E-state index in [2.05, 4.69) is 27.0 Å². The van der Waals surface area contributed by atoms with Gasteiger partial charge < -0.3 is 4.90 Å². The van der Waals surface area contributed by atoms with Crippen LogP contribution in [0.15, 0.2) is 24.4 Å². The predicted octanol–water partition coefficient (Wildman–Crippen LogP) is 2.03. The maximum absolute atomic E-state index is 5.17. The molecule has 2 aromatic heterocycles. The number of H-pyrrole nitrogens is 1. The van der Waals surface area contributed by atoms with Gasteiger partial charge >= 0.3 is 0 Å². The number of pyridine rings is 1. The van der Waals surface area contributed by atoms with Crippen LogP contribution in [0.25, 0.3) is 0 Å². The second-order valence-electron chi connectivity index (χ2n) is 4.07. The van der Waals surface area contributed by atoms with E-state index in [1.165, 1.54) is 0 Å². The maximum Gasteiger partial charge on any atom is 0.225 e. The van der Waals surface area contributed by atoms with Crippen LogP contribution < -0.4 is 4.90 Å². The Morgan fingerprint density at radius 3 is 2.94 bits per heavy atom. The largest absolute Gasteiger partial charge is 0.344 e. The third-order valence-electron chi connectivity index (χ3n) is 2.83. The predicted molar refractivity (Wildman–Crippen MR) is 74.3 cm³/mol. The lowest BCUT2D eigenvalue weighted by Gasteiger charge is -2.17. The first kappa shape index (κ1) is 12.8. The van der Waals surface area contributed by atoms with Gasteiger partial charge in [-0.05, 0) is 31.3 Å². The lowest BCUT2D eigenvalue weighted by Crippen LogP contribution is -2.24. The number of aromatic amines is 1. The van der Waals surface area contributed by atoms with Crippen LogP contribution in [-0.2, 0) is 13.0 Å². The Hall–Kier alpha value is -1.69. The van der Waals surface area contributed by atoms with Crippen LogP contribution in [0.3, 0.4) is 0 Å². The summed E-state index contributed by atoms with van der Waals surface area (Å²) in [5.41, 5.74) is 1.08. The molecule has 0 aliphatic rings. The van der Waals surface area contributed by atoms with Crippen molar-refractivity contribution in [3.05, 3.63) is 34.9 Å². The van der Waals surface area contributed by atoms with E-state index in [1.54, 1.807) is 0 Å². The number of anilines is 1. The van der Waals surface area contributed by atoms with E-state index in [0.717, 1.165) is 31.2 Å². The van der Waals surface area contributed by atoms with Crippen molar-refractivity contribution in [3.63, 3.8) is 0 Å². The molecule has 2 aromatic rings. The van der Waals surface area contributed by atoms with Gasteiger partial charge in [-0.3, -0.25) is 9.55 Å². The molecule has 0 saturated carbocycles. The van der Waals surface area contributed by atoms with E-state index in [1.807, 2.05) is 36.0 Å². The highest BCUT2D eigenvalue weighted by Crippen LogP contribution is 2.10. The minimum atomic E-state index is 0.664. The zero-order valence-electron chi connectivity index (χ0n) is 10.6. The van der Waals surface area contributed by atoms with Crippen molar-refractivity contribution in [3.8, 4) is 0 Å². The Kier molecular flexibility index (Phi) is 4.09. The van der Waals surface area contributed by atoms with Gasteiger partial charge in [-0.1, -0.05) is 6.07 Å². The van der Waals surface area contributed by atoms with E-state index in [-0.39, 0.29) is 0 Å². The average molecular weight is 263 g/mol. The van der Waals surface area contributed by atoms with E-state index in [9.17, 15) is 0 Å². The second kappa shape index (κ2) is 5.77. The van der Waals surface area contributed by atoms with Crippen LogP contribution in [0, 0.1) is 4.77 Å². The molecule has 2 rings (SSSR count). The van der Waals surface area contributed by atoms with Crippen molar-refractivity contribution in [1.29, 1.82) is 0 Å². The first-order valence-electron chi connectivity index (χ1n) is 5.98. The van der Waals surface area contributed by atoms with Gasteiger partial charge in [0.25, 0.3) is 0 Å². The SMILES string of the molecule is CCn1c(N(C)CCc2ccccn2)n[nH]c1=S. The van der Waals surface area contributed by atoms with Crippen molar-refractivity contribution in [2.75, 3.05) is 18.5 Å². The lowest BCUT2D eigenvalue weighted by atomic mass is 10.2. The normalized spacial score (nSPS) is 10.6. The number of hydrogen-bond acceptors (Lipinski definition) is 4. The number of aromatic nitrogens is 4. The lowest BCUT2D eigenvalue weighted by molar-refractivity contribution is 0.712. The minimum absolute atomic E-state index is 0.664. The number of likely N-dealkylation sites (N-methyl/N-ethyl adjacent to an activating group) is 1. The molecule has 0 aliphatic heterocycles. The zero-order valence-corrected chi connectivity index (χ0v) is 11.4. The van der Waals surface area contributed by atoms with Gasteiger partial charge in [-0.15, -0.1) is 5.10 Å². The van der Waals surface area contributed by atoms with Gasteiger partial charge in [0, 0.05) is 38.4 Å². The molecule has 18 heavy (non-hydrogen) atoms. The molecule has 5 nitrogen and oxygen atoms in total. The summed E-state index contributed by atoms with van der Waals surface area (Å²) in [5.74, 6) is 0.874. The number of nitrogens with one attached hydrogen (secondary N) is 1. The van der Waals surface area contributed by atoms with Crippen molar-refractivity contribution >= 4 is 18.2 Å². The molecule has 0 fully saturated rings. The summed E-state index contributed by atoms with van der Waals surface area (Å²) in [6, 6.07) is 5.96. The monoisotopic (exact) mass is 263 g/mol. The van der Waals surface area contributed by atoms with E-state index in [0.29, 0.717) is 4.77 Å². The molecular weight excluding hydrogens is 246 g/mol. The molecule has 0 bridgehead atoms. The van der Waals surface area contributed by atoms with Crippen LogP contribution in [0.1, 0.15) is 12.6 Å². The first-order valence-corrected chi connectivity index (χ1v) is 6.39. The fraction of sp³-hybridized carbons (Fsp3) is 0.417. The second-order valence-corrected chi connectivity index (χ2v) is 4.45. The summed E-state index contributed by atoms with van der Waals surface area (Å²) >= 11 is 5.17. The van der Waals surface area contributed by atoms with Crippen LogP contribution >= 0.6 is 12.2 Å². The number of rotatable bonds is 5. The summed E-state index contributed by atoms with van der Waals surface area (Å²) in [5, 5.41) is 7.08. The molecule has 1 N–H and O–H groups in total. The van der Waals surface area contributed by atoms with Crippen molar-refractivity contribution in [2.45, 2.75) is 19.9 Å². The molecule has 6 heteroatoms. The Labute approximate surface area is 111 Å². The van der Waals surface area contributed by atoms with Gasteiger partial charge in [-0.2, -0.15) is 0 Å². The standard InChI is InChI=1S/C12H17N5S/c1-3-17-11(14-15-12(17)18)16(2)9-7-10-6-4-5-8-13-10/h4-6,8H,3,7,9H2,1-2H3,(H,15,18). The highest BCUT2D eigenvalue weighted by molar-refractivity contribution is 7.71. The summed E-state index contributed by atoms with van der Waals surface area (Å²) < 4.78 is 2.64. The molecule has 0 spiro atoms. The van der Waals surface area contributed by atoms with Crippen LogP contribution in [0.2, 0.25) is 0 Å². The van der Waals surface area contributed by atoms with Crippen molar-refractivity contribution in [1.82, 2.24) is 19.7 Å². The summed E-state index contributed by atoms with van der Waals surface area (Å²) in [6.45, 7) is 3.73. The molecule has 0 atom stereocenters. The number of nitrogens with zero attached hydrogens (tertiary/aromatic N) is 4. The Morgan fingerprint density at radius 1 is 1.44 bits per heavy atom. The summed E-state index contributed by atoms with van der Waals surface area (Å²) in [7, 11) is 2.01. The molecule has 0 saturated heterocycles. The Bertz CT molecular complexity index is 545. The zero-order chi connectivity index (χ0) is 13.0. The highest BCUT2D eigenvalue weighted by Gasteiger charge is 2.09. The van der Waals surface area contributed by atoms with Gasteiger partial charge in [-0.25, -0.2) is 5.10 Å². The molecule has 2 heterocycles. The van der Waals surface area contributed by atoms with Gasteiger partial charge in [0.15, 0.2) is 4.77 Å². The summed E-state index contributed by atoms with van der Waals surface area (Å²) in [6.07, 6.45) is 2.71. The van der Waals surface area contributed by atoms with Gasteiger partial charge in [0.1, 0.15) is 0 Å². The van der Waals surface area contributed by atoms with Gasteiger partial charge in [0.05, 0.1) is 0 Å². The van der Waals surface area contributed by atoms with E-state index < -0.39 is 0 Å². The fourth-order valence-corrected chi connectivity index (χ4v) is 2.07. The Balaban J connectivity index is 2.04. The highest BCUT2D eigenvalue weighted by atomic mass is 32.1. The average Bonchev–Trinajstić information content (AvgIpc) is 2.78. The van der Waals surface area contributed by atoms with Crippen molar-refractivity contribution in [2.24, 2.45) is 0 Å². The Morgan fingerprint density at radius 2 is 2.28 bits per heavy atom. The number of hydrogen-bond donors (Lipinski definition) is 1. The van der Waals surface area contributed by atoms with E-state index >= 15 is 0 Å². The van der Waals surface area contributed by atoms with Crippen molar-refractivity contribution < 1.29 is 0 Å². The topological polar surface area (TPSA) is 49.7 Å². The third kappa shape index (κ3) is 2.76. The summed E-state index contributed by atoms with van der Waals surface area (Å²) in [4.78, 5) is 6.40. The molecule has 0 unspecified atom stereocenters. The third-order valence-corrected chi connectivity index (χ3v) is 3.14. The molecule has 96 valence electrons. The molecule has 0 radical (unpaired) electrons. The van der Waals surface area contributed by atoms with Crippen LogP contribution in [0.5, 0.6) is 0 Å². The quantitative estimate of drug-likeness (QED) is 0.839. The van der Waals surface area contributed by atoms with Gasteiger partial charge in [0.2, 0.25) is 5.95 Å².